The third-order valence-electron chi connectivity index (χ3n) is 15.4. The lowest BCUT2D eigenvalue weighted by molar-refractivity contribution is -0.870. The molecule has 0 fully saturated rings. The highest BCUT2D eigenvalue weighted by molar-refractivity contribution is 5.70. The third-order valence-corrected chi connectivity index (χ3v) is 15.4. The van der Waals surface area contributed by atoms with Gasteiger partial charge in [0, 0.05) is 12.8 Å². The second-order valence-electron chi connectivity index (χ2n) is 24.8. The van der Waals surface area contributed by atoms with E-state index in [1.54, 1.807) is 0 Å². The molecule has 0 spiro atoms. The van der Waals surface area contributed by atoms with E-state index in [4.69, 9.17) is 18.9 Å². The molecule has 0 aliphatic carbocycles. The van der Waals surface area contributed by atoms with Crippen molar-refractivity contribution in [2.75, 3.05) is 47.5 Å². The fourth-order valence-electron chi connectivity index (χ4n) is 10.0. The summed E-state index contributed by atoms with van der Waals surface area (Å²) in [5.41, 5.74) is 0. The molecule has 0 aliphatic heterocycles. The molecule has 0 aromatic carbocycles. The fourth-order valence-corrected chi connectivity index (χ4v) is 10.0. The first-order valence-electron chi connectivity index (χ1n) is 35.1. The maximum absolute atomic E-state index is 12.9. The Kier molecular flexibility index (Phi) is 62.2. The van der Waals surface area contributed by atoms with E-state index in [9.17, 15) is 19.5 Å². The van der Waals surface area contributed by atoms with Gasteiger partial charge in [0.2, 0.25) is 0 Å². The third kappa shape index (κ3) is 66.1. The minimum atomic E-state index is -1.62. The second-order valence-corrected chi connectivity index (χ2v) is 24.8. The number of hydrogen-bond acceptors (Lipinski definition) is 8. The molecule has 0 amide bonds. The molecule has 482 valence electrons. The highest BCUT2D eigenvalue weighted by atomic mass is 16.7. The second kappa shape index (κ2) is 64.7. The summed E-state index contributed by atoms with van der Waals surface area (Å²) in [6, 6.07) is 0. The number of nitrogens with zero attached hydrogens (tertiary/aromatic N) is 1. The largest absolute Gasteiger partial charge is 0.545 e. The van der Waals surface area contributed by atoms with Gasteiger partial charge in [-0.05, 0) is 89.9 Å². The lowest BCUT2D eigenvalue weighted by atomic mass is 10.0. The molecule has 0 aromatic rings. The van der Waals surface area contributed by atoms with E-state index in [1.807, 2.05) is 21.1 Å². The van der Waals surface area contributed by atoms with Crippen molar-refractivity contribution < 1.29 is 42.9 Å². The average molecular weight is 1160 g/mol. The van der Waals surface area contributed by atoms with Crippen LogP contribution in [0.3, 0.4) is 0 Å². The van der Waals surface area contributed by atoms with Crippen LogP contribution in [0, 0.1) is 0 Å². The molecule has 9 nitrogen and oxygen atoms in total. The average Bonchev–Trinajstić information content (AvgIpc) is 3.46. The normalized spacial score (nSPS) is 13.1. The van der Waals surface area contributed by atoms with E-state index < -0.39 is 24.3 Å². The number of carbonyl (C=O) groups is 3. The van der Waals surface area contributed by atoms with Crippen molar-refractivity contribution in [1.29, 1.82) is 0 Å². The van der Waals surface area contributed by atoms with Gasteiger partial charge in [-0.2, -0.15) is 0 Å². The van der Waals surface area contributed by atoms with Crippen LogP contribution in [0.2, 0.25) is 0 Å². The summed E-state index contributed by atoms with van der Waals surface area (Å²) in [5, 5.41) is 11.8. The van der Waals surface area contributed by atoms with E-state index in [0.29, 0.717) is 17.4 Å². The first kappa shape index (κ1) is 79.7. The monoisotopic (exact) mass is 1160 g/mol. The van der Waals surface area contributed by atoms with E-state index in [-0.39, 0.29) is 38.6 Å². The van der Waals surface area contributed by atoms with Crippen LogP contribution in [0.4, 0.5) is 0 Å². The number of allylic oxidation sites excluding steroid dienone is 12. The molecular weight excluding hydrogens is 1030 g/mol. The number of unbranched alkanes of at least 4 members (excludes halogenated alkanes) is 38. The Morgan fingerprint density at radius 2 is 0.651 bits per heavy atom. The Hall–Kier alpha value is -3.27. The Bertz CT molecular complexity index is 1590. The smallest absolute Gasteiger partial charge is 0.306 e. The Morgan fingerprint density at radius 3 is 0.964 bits per heavy atom. The zero-order valence-corrected chi connectivity index (χ0v) is 55.1. The van der Waals surface area contributed by atoms with Gasteiger partial charge in [-0.25, -0.2) is 0 Å². The van der Waals surface area contributed by atoms with Crippen LogP contribution < -0.4 is 5.11 Å². The van der Waals surface area contributed by atoms with Crippen molar-refractivity contribution in [1.82, 2.24) is 0 Å². The number of esters is 2. The topological polar surface area (TPSA) is 111 Å². The summed E-state index contributed by atoms with van der Waals surface area (Å²) in [6.45, 7) is 4.76. The molecule has 9 heteroatoms. The Morgan fingerprint density at radius 1 is 0.361 bits per heavy atom. The molecule has 0 saturated carbocycles. The van der Waals surface area contributed by atoms with Gasteiger partial charge in [0.1, 0.15) is 13.2 Å². The maximum atomic E-state index is 12.9. The molecule has 0 heterocycles. The molecule has 0 radical (unpaired) electrons. The van der Waals surface area contributed by atoms with E-state index in [0.717, 1.165) is 57.8 Å². The summed E-state index contributed by atoms with van der Waals surface area (Å²) in [7, 11) is 5.93. The van der Waals surface area contributed by atoms with E-state index in [1.165, 1.54) is 231 Å². The molecule has 2 unspecified atom stereocenters. The summed E-state index contributed by atoms with van der Waals surface area (Å²) >= 11 is 0. The van der Waals surface area contributed by atoms with Crippen molar-refractivity contribution in [3.8, 4) is 0 Å². The number of hydrogen-bond donors (Lipinski definition) is 0. The predicted molar refractivity (Wildman–Crippen MR) is 352 cm³/mol. The van der Waals surface area contributed by atoms with Crippen molar-refractivity contribution in [2.45, 2.75) is 334 Å². The zero-order valence-electron chi connectivity index (χ0n) is 55.1. The SMILES string of the molecule is CCCCCCC/C=C\C/C=C\C/C=C\CCCCCCCCCCCCCCCCCCC(=O)OC(COC(=O)CCCCCCCCCCCCCC/C=C\C/C=C\C/C=C\CCCCCCC)COC(OCC[N+](C)(C)C)C(=O)[O-]. The van der Waals surface area contributed by atoms with Gasteiger partial charge in [-0.3, -0.25) is 9.59 Å². The Labute approximate surface area is 513 Å². The lowest BCUT2D eigenvalue weighted by Gasteiger charge is -2.26. The highest BCUT2D eigenvalue weighted by Gasteiger charge is 2.22. The first-order valence-corrected chi connectivity index (χ1v) is 35.1. The highest BCUT2D eigenvalue weighted by Crippen LogP contribution is 2.17. The molecule has 0 bridgehead atoms. The molecule has 0 aliphatic rings. The van der Waals surface area contributed by atoms with Crippen LogP contribution >= 0.6 is 0 Å². The number of rotatable bonds is 65. The maximum Gasteiger partial charge on any atom is 0.306 e. The van der Waals surface area contributed by atoms with Crippen LogP contribution in [0.25, 0.3) is 0 Å². The van der Waals surface area contributed by atoms with Gasteiger partial charge in [0.15, 0.2) is 12.4 Å². The number of carboxylic acids is 1. The van der Waals surface area contributed by atoms with Crippen LogP contribution in [0.5, 0.6) is 0 Å². The number of carbonyl (C=O) groups excluding carboxylic acids is 3. The van der Waals surface area contributed by atoms with Crippen LogP contribution in [-0.4, -0.2) is 82.3 Å². The van der Waals surface area contributed by atoms with Gasteiger partial charge in [-0.1, -0.05) is 292 Å². The number of ether oxygens (including phenoxy) is 4. The van der Waals surface area contributed by atoms with Gasteiger partial charge < -0.3 is 33.3 Å². The summed E-state index contributed by atoms with van der Waals surface area (Å²) in [6.07, 6.45) is 82.6. The number of carboxylic acid groups (broad SMARTS) is 1. The molecule has 0 saturated heterocycles. The zero-order chi connectivity index (χ0) is 60.5. The summed E-state index contributed by atoms with van der Waals surface area (Å²) in [5.74, 6) is -2.27. The number of quaternary nitrogens is 1. The summed E-state index contributed by atoms with van der Waals surface area (Å²) < 4.78 is 22.8. The van der Waals surface area contributed by atoms with Crippen LogP contribution in [-0.2, 0) is 33.3 Å². The molecule has 0 rings (SSSR count). The van der Waals surface area contributed by atoms with Gasteiger partial charge in [0.05, 0.1) is 40.3 Å². The molecular formula is C74H133NO8. The van der Waals surface area contributed by atoms with E-state index in [2.05, 4.69) is 86.8 Å². The summed E-state index contributed by atoms with van der Waals surface area (Å²) in [4.78, 5) is 37.5. The molecule has 0 aromatic heterocycles. The predicted octanol–water partition coefficient (Wildman–Crippen LogP) is 20.4. The van der Waals surface area contributed by atoms with Gasteiger partial charge >= 0.3 is 11.9 Å². The van der Waals surface area contributed by atoms with Crippen molar-refractivity contribution in [3.05, 3.63) is 72.9 Å². The molecule has 2 atom stereocenters. The standard InChI is InChI=1S/C74H133NO8/c1-6-8-10-12-14-16-18-20-22-24-26-28-30-32-34-35-36-37-39-41-43-45-47-49-51-53-55-57-59-61-63-65-72(77)83-70(69-82-74(73(78)79)80-67-66-75(3,4)5)68-81-71(76)64-62-60-58-56-54-52-50-48-46-44-42-40-38-33-31-29-27-25-23-21-19-17-15-13-11-9-7-2/h18-21,24-27,30-33,70,74H,6-17,22-23,28-29,34-69H2,1-5H3/b20-18-,21-19-,26-24-,27-25-,32-30-,33-31-. The number of likely N-dealkylation sites (N-methyl/N-ethyl adjacent to an activating group) is 1. The quantitative estimate of drug-likeness (QED) is 0.0195. The van der Waals surface area contributed by atoms with Gasteiger partial charge in [0.25, 0.3) is 0 Å². The fraction of sp³-hybridized carbons (Fsp3) is 0.797. The van der Waals surface area contributed by atoms with Crippen molar-refractivity contribution in [3.63, 3.8) is 0 Å². The number of aliphatic carboxylic acids is 1. The van der Waals surface area contributed by atoms with Gasteiger partial charge in [-0.15, -0.1) is 0 Å². The minimum absolute atomic E-state index is 0.146. The molecule has 0 N–H and O–H groups in total. The van der Waals surface area contributed by atoms with Crippen molar-refractivity contribution >= 4 is 17.9 Å². The van der Waals surface area contributed by atoms with Crippen LogP contribution in [0.15, 0.2) is 72.9 Å². The first-order chi connectivity index (χ1) is 40.6. The lowest BCUT2D eigenvalue weighted by Crippen LogP contribution is -2.44. The minimum Gasteiger partial charge on any atom is -0.545 e. The van der Waals surface area contributed by atoms with E-state index >= 15 is 0 Å². The van der Waals surface area contributed by atoms with Crippen LogP contribution in [0.1, 0.15) is 322 Å². The molecule has 83 heavy (non-hydrogen) atoms. The van der Waals surface area contributed by atoms with Crippen molar-refractivity contribution in [2.24, 2.45) is 0 Å². The Balaban J connectivity index is 4.12.